The Hall–Kier alpha value is -1.67. The average Bonchev–Trinajstić information content (AvgIpc) is 2.32. The minimum Gasteiger partial charge on any atom is -0.379 e. The maximum Gasteiger partial charge on any atom is 0.224 e. The van der Waals surface area contributed by atoms with Gasteiger partial charge < -0.3 is 10.1 Å². The second kappa shape index (κ2) is 7.62. The summed E-state index contributed by atoms with van der Waals surface area (Å²) in [6.45, 7) is 7.47. The fourth-order valence-corrected chi connectivity index (χ4v) is 1.45. The van der Waals surface area contributed by atoms with Gasteiger partial charge in [0.1, 0.15) is 11.8 Å². The van der Waals surface area contributed by atoms with Crippen LogP contribution in [0.15, 0.2) is 6.07 Å². The van der Waals surface area contributed by atoms with Crippen molar-refractivity contribution in [3.63, 3.8) is 0 Å². The van der Waals surface area contributed by atoms with Gasteiger partial charge in [0.05, 0.1) is 6.10 Å². The van der Waals surface area contributed by atoms with Crippen LogP contribution >= 0.6 is 0 Å². The zero-order valence-corrected chi connectivity index (χ0v) is 11.2. The van der Waals surface area contributed by atoms with E-state index in [9.17, 15) is 0 Å². The molecule has 0 aliphatic heterocycles. The van der Waals surface area contributed by atoms with Gasteiger partial charge in [0.15, 0.2) is 0 Å². The number of ether oxygens (including phenoxy) is 1. The number of rotatable bonds is 7. The van der Waals surface area contributed by atoms with Crippen LogP contribution in [-0.4, -0.2) is 29.2 Å². The van der Waals surface area contributed by atoms with Crippen molar-refractivity contribution in [2.24, 2.45) is 0 Å². The van der Waals surface area contributed by atoms with Crippen molar-refractivity contribution in [3.05, 3.63) is 17.5 Å². The Kier molecular flexibility index (Phi) is 6.09. The normalized spacial score (nSPS) is 10.4. The highest BCUT2D eigenvalue weighted by Crippen LogP contribution is 2.04. The van der Waals surface area contributed by atoms with Gasteiger partial charge in [-0.05, 0) is 39.7 Å². The molecule has 98 valence electrons. The molecule has 0 spiro atoms. The molecule has 1 heterocycles. The van der Waals surface area contributed by atoms with E-state index in [2.05, 4.69) is 15.3 Å². The van der Waals surface area contributed by atoms with Gasteiger partial charge in [-0.1, -0.05) is 0 Å². The van der Waals surface area contributed by atoms with E-state index < -0.39 is 0 Å². The second-order valence-corrected chi connectivity index (χ2v) is 4.38. The van der Waals surface area contributed by atoms with Crippen molar-refractivity contribution >= 4 is 5.95 Å². The summed E-state index contributed by atoms with van der Waals surface area (Å²) in [5, 5.41) is 11.9. The summed E-state index contributed by atoms with van der Waals surface area (Å²) in [5.41, 5.74) is 1.19. The molecule has 0 amide bonds. The highest BCUT2D eigenvalue weighted by molar-refractivity contribution is 5.32. The number of aryl methyl sites for hydroxylation is 1. The predicted octanol–water partition coefficient (Wildman–Crippen LogP) is 2.27. The van der Waals surface area contributed by atoms with E-state index in [1.165, 1.54) is 0 Å². The quantitative estimate of drug-likeness (QED) is 0.749. The smallest absolute Gasteiger partial charge is 0.224 e. The molecule has 1 aromatic heterocycles. The first-order valence-electron chi connectivity index (χ1n) is 6.23. The minimum atomic E-state index is 0.288. The monoisotopic (exact) mass is 248 g/mol. The third-order valence-corrected chi connectivity index (χ3v) is 2.27. The molecule has 5 heteroatoms. The van der Waals surface area contributed by atoms with Crippen molar-refractivity contribution < 1.29 is 4.74 Å². The molecule has 0 fully saturated rings. The Morgan fingerprint density at radius 3 is 2.83 bits per heavy atom. The van der Waals surface area contributed by atoms with Crippen LogP contribution in [-0.2, 0) is 4.74 Å². The topological polar surface area (TPSA) is 70.8 Å². The van der Waals surface area contributed by atoms with Gasteiger partial charge in [-0.3, -0.25) is 0 Å². The van der Waals surface area contributed by atoms with Gasteiger partial charge in [-0.15, -0.1) is 0 Å². The first kappa shape index (κ1) is 14.4. The molecule has 5 nitrogen and oxygen atoms in total. The number of nitriles is 1. The zero-order valence-electron chi connectivity index (χ0n) is 11.2. The number of hydrogen-bond donors (Lipinski definition) is 1. The molecule has 0 radical (unpaired) electrons. The van der Waals surface area contributed by atoms with Gasteiger partial charge >= 0.3 is 0 Å². The van der Waals surface area contributed by atoms with E-state index in [1.807, 2.05) is 26.8 Å². The zero-order chi connectivity index (χ0) is 13.4. The largest absolute Gasteiger partial charge is 0.379 e. The molecule has 0 saturated heterocycles. The summed E-state index contributed by atoms with van der Waals surface area (Å²) in [5.74, 6) is 0.524. The Morgan fingerprint density at radius 2 is 2.17 bits per heavy atom. The van der Waals surface area contributed by atoms with Gasteiger partial charge in [0.2, 0.25) is 5.95 Å². The highest BCUT2D eigenvalue weighted by atomic mass is 16.5. The van der Waals surface area contributed by atoms with E-state index in [0.717, 1.165) is 31.7 Å². The van der Waals surface area contributed by atoms with Crippen molar-refractivity contribution in [2.75, 3.05) is 18.5 Å². The van der Waals surface area contributed by atoms with E-state index in [1.54, 1.807) is 6.07 Å². The first-order valence-corrected chi connectivity index (χ1v) is 6.23. The van der Waals surface area contributed by atoms with Crippen LogP contribution in [0.2, 0.25) is 0 Å². The number of anilines is 1. The fraction of sp³-hybridized carbons (Fsp3) is 0.615. The van der Waals surface area contributed by atoms with Crippen LogP contribution in [0.4, 0.5) is 5.95 Å². The summed E-state index contributed by atoms with van der Waals surface area (Å²) in [4.78, 5) is 8.31. The summed E-state index contributed by atoms with van der Waals surface area (Å²) in [6.07, 6.45) is 2.28. The lowest BCUT2D eigenvalue weighted by Crippen LogP contribution is -2.09. The van der Waals surface area contributed by atoms with E-state index in [-0.39, 0.29) is 6.10 Å². The van der Waals surface area contributed by atoms with Crippen LogP contribution in [0.5, 0.6) is 0 Å². The minimum absolute atomic E-state index is 0.288. The highest BCUT2D eigenvalue weighted by Gasteiger charge is 2.00. The SMILES string of the molecule is Cc1cc(C#N)nc(NCCCCOC(C)C)n1. The third-order valence-electron chi connectivity index (χ3n) is 2.27. The summed E-state index contributed by atoms with van der Waals surface area (Å²) in [7, 11) is 0. The Labute approximate surface area is 108 Å². The molecule has 18 heavy (non-hydrogen) atoms. The van der Waals surface area contributed by atoms with Crippen LogP contribution in [0.3, 0.4) is 0 Å². The molecule has 1 aromatic rings. The molecule has 0 bridgehead atoms. The van der Waals surface area contributed by atoms with Gasteiger partial charge in [0, 0.05) is 18.8 Å². The summed E-state index contributed by atoms with van der Waals surface area (Å²) < 4.78 is 5.45. The standard InChI is InChI=1S/C13H20N4O/c1-10(2)18-7-5-4-6-15-13-16-11(3)8-12(9-14)17-13/h8,10H,4-7H2,1-3H3,(H,15,16,17). The Balaban J connectivity index is 2.27. The lowest BCUT2D eigenvalue weighted by atomic mass is 10.3. The van der Waals surface area contributed by atoms with Crippen molar-refractivity contribution in [1.29, 1.82) is 5.26 Å². The molecular formula is C13H20N4O. The molecule has 0 aromatic carbocycles. The number of unbranched alkanes of at least 4 members (excludes halogenated alkanes) is 1. The number of hydrogen-bond acceptors (Lipinski definition) is 5. The van der Waals surface area contributed by atoms with E-state index in [0.29, 0.717) is 11.6 Å². The summed E-state index contributed by atoms with van der Waals surface area (Å²) in [6, 6.07) is 3.69. The fourth-order valence-electron chi connectivity index (χ4n) is 1.45. The molecule has 0 aliphatic carbocycles. The lowest BCUT2D eigenvalue weighted by Gasteiger charge is -2.08. The van der Waals surface area contributed by atoms with Crippen LogP contribution in [0.1, 0.15) is 38.1 Å². The first-order chi connectivity index (χ1) is 8.61. The Bertz CT molecular complexity index is 412. The Morgan fingerprint density at radius 1 is 1.39 bits per heavy atom. The molecule has 1 rings (SSSR count). The van der Waals surface area contributed by atoms with Gasteiger partial charge in [-0.25, -0.2) is 9.97 Å². The number of aromatic nitrogens is 2. The third kappa shape index (κ3) is 5.60. The molecule has 0 saturated carbocycles. The van der Waals surface area contributed by atoms with Crippen molar-refractivity contribution in [3.8, 4) is 6.07 Å². The van der Waals surface area contributed by atoms with Gasteiger partial charge in [-0.2, -0.15) is 5.26 Å². The lowest BCUT2D eigenvalue weighted by molar-refractivity contribution is 0.0765. The molecule has 0 unspecified atom stereocenters. The average molecular weight is 248 g/mol. The number of nitrogens with zero attached hydrogens (tertiary/aromatic N) is 3. The summed E-state index contributed by atoms with van der Waals surface area (Å²) >= 11 is 0. The predicted molar refractivity (Wildman–Crippen MR) is 70.3 cm³/mol. The van der Waals surface area contributed by atoms with E-state index >= 15 is 0 Å². The van der Waals surface area contributed by atoms with E-state index in [4.69, 9.17) is 10.00 Å². The van der Waals surface area contributed by atoms with Crippen molar-refractivity contribution in [1.82, 2.24) is 9.97 Å². The molecule has 0 aliphatic rings. The maximum absolute atomic E-state index is 8.80. The van der Waals surface area contributed by atoms with Gasteiger partial charge in [0.25, 0.3) is 0 Å². The van der Waals surface area contributed by atoms with Crippen LogP contribution in [0.25, 0.3) is 0 Å². The van der Waals surface area contributed by atoms with Crippen molar-refractivity contribution in [2.45, 2.75) is 39.7 Å². The molecular weight excluding hydrogens is 228 g/mol. The van der Waals surface area contributed by atoms with Crippen LogP contribution in [0, 0.1) is 18.3 Å². The second-order valence-electron chi connectivity index (χ2n) is 4.38. The molecule has 1 N–H and O–H groups in total. The maximum atomic E-state index is 8.80. The molecule has 0 atom stereocenters. The number of nitrogens with one attached hydrogen (secondary N) is 1. The van der Waals surface area contributed by atoms with Crippen LogP contribution < -0.4 is 5.32 Å².